The molecule has 1 N–H and O–H groups in total. The lowest BCUT2D eigenvalue weighted by Gasteiger charge is -2.15. The van der Waals surface area contributed by atoms with Crippen molar-refractivity contribution in [1.29, 1.82) is 0 Å². The van der Waals surface area contributed by atoms with Gasteiger partial charge in [0.2, 0.25) is 0 Å². The fourth-order valence-electron chi connectivity index (χ4n) is 4.51. The van der Waals surface area contributed by atoms with Gasteiger partial charge in [0, 0.05) is 5.56 Å². The SMILES string of the molecule is COc1ccc(-c2nc(COc3ccc(OCC(=O)O)c(C)c3)sc2-c2ccc(-c3ccccc3)c(C(F)(F)F)c2)cc1. The molecule has 5 aromatic rings. The highest BCUT2D eigenvalue weighted by molar-refractivity contribution is 7.15. The van der Waals surface area contributed by atoms with E-state index in [1.54, 1.807) is 80.8 Å². The molecule has 0 fully saturated rings. The van der Waals surface area contributed by atoms with Gasteiger partial charge < -0.3 is 19.3 Å². The van der Waals surface area contributed by atoms with Gasteiger partial charge in [0.15, 0.2) is 6.61 Å². The lowest BCUT2D eigenvalue weighted by molar-refractivity contribution is -0.139. The monoisotopic (exact) mass is 605 g/mol. The van der Waals surface area contributed by atoms with Crippen LogP contribution in [0.15, 0.2) is 91.0 Å². The number of rotatable bonds is 10. The van der Waals surface area contributed by atoms with E-state index in [0.717, 1.165) is 5.56 Å². The molecule has 6 nitrogen and oxygen atoms in total. The minimum absolute atomic E-state index is 0.0663. The van der Waals surface area contributed by atoms with E-state index in [1.807, 2.05) is 12.1 Å². The first-order valence-corrected chi connectivity index (χ1v) is 13.9. The summed E-state index contributed by atoms with van der Waals surface area (Å²) < 4.78 is 59.4. The summed E-state index contributed by atoms with van der Waals surface area (Å²) in [4.78, 5) is 16.2. The quantitative estimate of drug-likeness (QED) is 0.172. The smallest absolute Gasteiger partial charge is 0.417 e. The molecule has 0 aliphatic rings. The van der Waals surface area contributed by atoms with Crippen LogP contribution in [0.3, 0.4) is 0 Å². The van der Waals surface area contributed by atoms with Crippen molar-refractivity contribution in [3.63, 3.8) is 0 Å². The van der Waals surface area contributed by atoms with Crippen molar-refractivity contribution in [3.8, 4) is 50.1 Å². The molecule has 0 radical (unpaired) electrons. The van der Waals surface area contributed by atoms with Gasteiger partial charge in [0.1, 0.15) is 28.9 Å². The fraction of sp³-hybridized carbons (Fsp3) is 0.152. The molecule has 43 heavy (non-hydrogen) atoms. The summed E-state index contributed by atoms with van der Waals surface area (Å²) in [6, 6.07) is 25.0. The predicted octanol–water partition coefficient (Wildman–Crippen LogP) is 8.52. The molecule has 0 amide bonds. The molecule has 0 aliphatic carbocycles. The number of aryl methyl sites for hydroxylation is 1. The predicted molar refractivity (Wildman–Crippen MR) is 159 cm³/mol. The minimum Gasteiger partial charge on any atom is -0.497 e. The first kappa shape index (κ1) is 29.7. The fourth-order valence-corrected chi connectivity index (χ4v) is 5.51. The second-order valence-electron chi connectivity index (χ2n) is 9.54. The molecule has 220 valence electrons. The van der Waals surface area contributed by atoms with Crippen molar-refractivity contribution < 1.29 is 37.3 Å². The van der Waals surface area contributed by atoms with Crippen molar-refractivity contribution in [2.45, 2.75) is 19.7 Å². The molecule has 1 heterocycles. The Morgan fingerprint density at radius 3 is 2.21 bits per heavy atom. The van der Waals surface area contributed by atoms with E-state index < -0.39 is 24.3 Å². The van der Waals surface area contributed by atoms with Crippen molar-refractivity contribution in [2.24, 2.45) is 0 Å². The number of ether oxygens (including phenoxy) is 3. The number of halogens is 3. The van der Waals surface area contributed by atoms with Crippen LogP contribution in [0.1, 0.15) is 16.1 Å². The topological polar surface area (TPSA) is 77.9 Å². The van der Waals surface area contributed by atoms with Crippen LogP contribution in [-0.2, 0) is 17.6 Å². The number of carbonyl (C=O) groups is 1. The van der Waals surface area contributed by atoms with Gasteiger partial charge in [-0.1, -0.05) is 42.5 Å². The summed E-state index contributed by atoms with van der Waals surface area (Å²) in [5, 5.41) is 9.41. The van der Waals surface area contributed by atoms with Gasteiger partial charge in [0.05, 0.1) is 23.2 Å². The van der Waals surface area contributed by atoms with Gasteiger partial charge in [-0.05, 0) is 77.7 Å². The molecule has 4 aromatic carbocycles. The number of aromatic nitrogens is 1. The van der Waals surface area contributed by atoms with E-state index in [1.165, 1.54) is 23.5 Å². The molecule has 0 saturated heterocycles. The second-order valence-corrected chi connectivity index (χ2v) is 10.6. The highest BCUT2D eigenvalue weighted by Crippen LogP contribution is 2.43. The summed E-state index contributed by atoms with van der Waals surface area (Å²) in [5.41, 5.74) is 2.17. The number of hydrogen-bond donors (Lipinski definition) is 1. The zero-order valence-corrected chi connectivity index (χ0v) is 24.0. The molecule has 5 rings (SSSR count). The normalized spacial score (nSPS) is 11.3. The van der Waals surface area contributed by atoms with Crippen LogP contribution in [0.25, 0.3) is 32.8 Å². The van der Waals surface area contributed by atoms with Crippen molar-refractivity contribution in [3.05, 3.63) is 107 Å². The van der Waals surface area contributed by atoms with Gasteiger partial charge in [-0.3, -0.25) is 0 Å². The highest BCUT2D eigenvalue weighted by Gasteiger charge is 2.34. The van der Waals surface area contributed by atoms with Gasteiger partial charge >= 0.3 is 12.1 Å². The number of methoxy groups -OCH3 is 1. The third-order valence-corrected chi connectivity index (χ3v) is 7.64. The van der Waals surface area contributed by atoms with E-state index in [0.29, 0.717) is 49.5 Å². The van der Waals surface area contributed by atoms with Gasteiger partial charge in [-0.15, -0.1) is 11.3 Å². The maximum absolute atomic E-state index is 14.3. The maximum atomic E-state index is 14.3. The Kier molecular flexibility index (Phi) is 8.68. The first-order chi connectivity index (χ1) is 20.6. The zero-order chi connectivity index (χ0) is 30.6. The van der Waals surface area contributed by atoms with E-state index in [2.05, 4.69) is 0 Å². The third kappa shape index (κ3) is 6.98. The molecular formula is C33H26F3NO5S. The Hall–Kier alpha value is -4.83. The molecule has 0 bridgehead atoms. The Bertz CT molecular complexity index is 1730. The summed E-state index contributed by atoms with van der Waals surface area (Å²) in [5.74, 6) is 0.493. The zero-order valence-electron chi connectivity index (χ0n) is 23.1. The van der Waals surface area contributed by atoms with Crippen LogP contribution in [0.2, 0.25) is 0 Å². The largest absolute Gasteiger partial charge is 0.497 e. The Morgan fingerprint density at radius 2 is 1.56 bits per heavy atom. The third-order valence-electron chi connectivity index (χ3n) is 6.57. The lowest BCUT2D eigenvalue weighted by atomic mass is 9.96. The number of nitrogens with zero attached hydrogens (tertiary/aromatic N) is 1. The molecule has 10 heteroatoms. The first-order valence-electron chi connectivity index (χ1n) is 13.1. The molecular weight excluding hydrogens is 579 g/mol. The number of benzene rings is 4. The molecule has 0 saturated carbocycles. The summed E-state index contributed by atoms with van der Waals surface area (Å²) in [7, 11) is 1.55. The Morgan fingerprint density at radius 1 is 0.860 bits per heavy atom. The van der Waals surface area contributed by atoms with Crippen LogP contribution in [0.5, 0.6) is 17.2 Å². The molecule has 0 aliphatic heterocycles. The van der Waals surface area contributed by atoms with Crippen LogP contribution in [-0.4, -0.2) is 29.8 Å². The Balaban J connectivity index is 1.51. The van der Waals surface area contributed by atoms with Crippen molar-refractivity contribution in [1.82, 2.24) is 4.98 Å². The Labute approximate surface area is 250 Å². The number of carboxylic acids is 1. The average molecular weight is 606 g/mol. The van der Waals surface area contributed by atoms with Crippen LogP contribution in [0, 0.1) is 6.92 Å². The van der Waals surface area contributed by atoms with Crippen LogP contribution >= 0.6 is 11.3 Å². The van der Waals surface area contributed by atoms with Crippen LogP contribution < -0.4 is 14.2 Å². The van der Waals surface area contributed by atoms with Crippen LogP contribution in [0.4, 0.5) is 13.2 Å². The summed E-state index contributed by atoms with van der Waals surface area (Å²) in [6.07, 6.45) is -4.57. The number of alkyl halides is 3. The van der Waals surface area contributed by atoms with E-state index >= 15 is 0 Å². The van der Waals surface area contributed by atoms with E-state index in [4.69, 9.17) is 24.3 Å². The molecule has 0 atom stereocenters. The van der Waals surface area contributed by atoms with E-state index in [-0.39, 0.29) is 12.2 Å². The van der Waals surface area contributed by atoms with Crippen molar-refractivity contribution >= 4 is 17.3 Å². The standard InChI is InChI=1S/C33H26F3NO5S/c1-20-16-25(13-15-28(20)42-19-30(38)39)41-18-29-37-31(22-8-11-24(40-2)12-9-22)32(43-29)23-10-14-26(21-6-4-3-5-7-21)27(17-23)33(34,35)36/h3-17H,18-19H2,1-2H3,(H,38,39). The van der Waals surface area contributed by atoms with Gasteiger partial charge in [0.25, 0.3) is 0 Å². The molecule has 1 aromatic heterocycles. The van der Waals surface area contributed by atoms with Crippen molar-refractivity contribution in [2.75, 3.05) is 13.7 Å². The lowest BCUT2D eigenvalue weighted by Crippen LogP contribution is -2.10. The summed E-state index contributed by atoms with van der Waals surface area (Å²) in [6.45, 7) is 1.38. The number of hydrogen-bond acceptors (Lipinski definition) is 6. The summed E-state index contributed by atoms with van der Waals surface area (Å²) >= 11 is 1.25. The van der Waals surface area contributed by atoms with Gasteiger partial charge in [-0.25, -0.2) is 9.78 Å². The number of aliphatic carboxylic acids is 1. The van der Waals surface area contributed by atoms with E-state index in [9.17, 15) is 18.0 Å². The molecule has 0 spiro atoms. The maximum Gasteiger partial charge on any atom is 0.417 e. The number of carboxylic acid groups (broad SMARTS) is 1. The average Bonchev–Trinajstić information content (AvgIpc) is 3.43. The molecule has 0 unspecified atom stereocenters. The highest BCUT2D eigenvalue weighted by atomic mass is 32.1. The minimum atomic E-state index is -4.57. The number of thiazole rings is 1. The van der Waals surface area contributed by atoms with Gasteiger partial charge in [-0.2, -0.15) is 13.2 Å². The second kappa shape index (κ2) is 12.6.